The summed E-state index contributed by atoms with van der Waals surface area (Å²) >= 11 is 0. The van der Waals surface area contributed by atoms with Crippen LogP contribution < -0.4 is 0 Å². The molecule has 2 aromatic rings. The Morgan fingerprint density at radius 3 is 1.68 bits per heavy atom. The van der Waals surface area contributed by atoms with Crippen LogP contribution in [0.4, 0.5) is 0 Å². The van der Waals surface area contributed by atoms with E-state index in [1.807, 2.05) is 0 Å². The highest BCUT2D eigenvalue weighted by molar-refractivity contribution is 5.86. The maximum atomic E-state index is 13.0. The van der Waals surface area contributed by atoms with Gasteiger partial charge >= 0.3 is 0 Å². The topological polar surface area (TPSA) is 17.1 Å². The maximum absolute atomic E-state index is 13.0. The van der Waals surface area contributed by atoms with Gasteiger partial charge in [0.15, 0.2) is 0 Å². The first-order valence-electron chi connectivity index (χ1n) is 8.48. The lowest BCUT2D eigenvalue weighted by Gasteiger charge is -2.44. The second-order valence-corrected chi connectivity index (χ2v) is 6.84. The third-order valence-corrected chi connectivity index (χ3v) is 5.69. The van der Waals surface area contributed by atoms with Crippen molar-refractivity contribution in [2.45, 2.75) is 31.6 Å². The Kier molecular flexibility index (Phi) is 3.57. The lowest BCUT2D eigenvalue weighted by atomic mass is 9.58. The van der Waals surface area contributed by atoms with Gasteiger partial charge in [0.2, 0.25) is 0 Å². The molecule has 0 amide bonds. The summed E-state index contributed by atoms with van der Waals surface area (Å²) < 4.78 is 0. The van der Waals surface area contributed by atoms with E-state index in [1.165, 1.54) is 24.0 Å². The van der Waals surface area contributed by atoms with Gasteiger partial charge in [0.05, 0.1) is 0 Å². The maximum Gasteiger partial charge on any atom is 0.140 e. The predicted octanol–water partition coefficient (Wildman–Crippen LogP) is 4.82. The minimum absolute atomic E-state index is 0.178. The summed E-state index contributed by atoms with van der Waals surface area (Å²) in [7, 11) is 0. The molecule has 1 nitrogen and oxygen atoms in total. The van der Waals surface area contributed by atoms with E-state index in [1.54, 1.807) is 0 Å². The Balaban J connectivity index is 1.79. The molecule has 0 unspecified atom stereocenters. The second-order valence-electron chi connectivity index (χ2n) is 6.84. The Hall–Kier alpha value is -1.89. The molecule has 2 aromatic carbocycles. The zero-order valence-electron chi connectivity index (χ0n) is 12.8. The van der Waals surface area contributed by atoms with Crippen molar-refractivity contribution in [3.8, 4) is 0 Å². The molecular formula is C21H22O. The third kappa shape index (κ3) is 2.29. The molecule has 0 saturated heterocycles. The van der Waals surface area contributed by atoms with E-state index < -0.39 is 0 Å². The Morgan fingerprint density at radius 1 is 0.727 bits per heavy atom. The minimum atomic E-state index is 0.178. The normalized spacial score (nSPS) is 27.3. The Bertz CT molecular complexity index is 599. The smallest absolute Gasteiger partial charge is 0.140 e. The van der Waals surface area contributed by atoms with Gasteiger partial charge in [0, 0.05) is 17.8 Å². The first-order chi connectivity index (χ1) is 10.8. The molecule has 3 aliphatic rings. The van der Waals surface area contributed by atoms with Crippen LogP contribution >= 0.6 is 0 Å². The van der Waals surface area contributed by atoms with Crippen molar-refractivity contribution < 1.29 is 4.79 Å². The largest absolute Gasteiger partial charge is 0.299 e. The SMILES string of the molecule is O=C1C2CCC(CC2)[C@@H]1C(c1ccccc1)c1ccccc1. The molecule has 1 atom stereocenters. The molecule has 5 rings (SSSR count). The summed E-state index contributed by atoms with van der Waals surface area (Å²) in [6.07, 6.45) is 4.71. The number of hydrogen-bond donors (Lipinski definition) is 0. The molecule has 0 heterocycles. The number of benzene rings is 2. The quantitative estimate of drug-likeness (QED) is 0.791. The monoisotopic (exact) mass is 290 g/mol. The molecule has 3 aliphatic carbocycles. The fourth-order valence-corrected chi connectivity index (χ4v) is 4.63. The van der Waals surface area contributed by atoms with Gasteiger partial charge in [-0.15, -0.1) is 0 Å². The van der Waals surface area contributed by atoms with Crippen molar-refractivity contribution in [2.75, 3.05) is 0 Å². The molecule has 0 aliphatic heterocycles. The van der Waals surface area contributed by atoms with Crippen molar-refractivity contribution in [1.82, 2.24) is 0 Å². The van der Waals surface area contributed by atoms with E-state index in [0.717, 1.165) is 12.8 Å². The summed E-state index contributed by atoms with van der Waals surface area (Å²) in [5.41, 5.74) is 2.58. The zero-order chi connectivity index (χ0) is 14.9. The van der Waals surface area contributed by atoms with Crippen molar-refractivity contribution in [1.29, 1.82) is 0 Å². The van der Waals surface area contributed by atoms with Gasteiger partial charge in [-0.2, -0.15) is 0 Å². The molecule has 0 aromatic heterocycles. The Labute approximate surface area is 132 Å². The van der Waals surface area contributed by atoms with E-state index in [9.17, 15) is 4.79 Å². The highest BCUT2D eigenvalue weighted by atomic mass is 16.1. The lowest BCUT2D eigenvalue weighted by molar-refractivity contribution is -0.136. The number of Topliss-reactive ketones (excluding diaryl/α,β-unsaturated/α-hetero) is 1. The van der Waals surface area contributed by atoms with E-state index in [0.29, 0.717) is 17.6 Å². The average molecular weight is 290 g/mol. The van der Waals surface area contributed by atoms with Gasteiger partial charge in [0.1, 0.15) is 5.78 Å². The molecule has 112 valence electrons. The van der Waals surface area contributed by atoms with Gasteiger partial charge in [-0.05, 0) is 42.7 Å². The van der Waals surface area contributed by atoms with Gasteiger partial charge in [0.25, 0.3) is 0 Å². The predicted molar refractivity (Wildman–Crippen MR) is 88.7 cm³/mol. The number of fused-ring (bicyclic) bond motifs is 3. The van der Waals surface area contributed by atoms with Crippen LogP contribution in [0, 0.1) is 17.8 Å². The number of rotatable bonds is 3. The number of hydrogen-bond acceptors (Lipinski definition) is 1. The fraction of sp³-hybridized carbons (Fsp3) is 0.381. The number of ketones is 1. The fourth-order valence-electron chi connectivity index (χ4n) is 4.63. The molecule has 0 radical (unpaired) electrons. The zero-order valence-corrected chi connectivity index (χ0v) is 12.8. The number of carbonyl (C=O) groups excluding carboxylic acids is 1. The van der Waals surface area contributed by atoms with Crippen LogP contribution in [0.25, 0.3) is 0 Å². The van der Waals surface area contributed by atoms with Crippen LogP contribution in [0.2, 0.25) is 0 Å². The van der Waals surface area contributed by atoms with Crippen LogP contribution in [0.1, 0.15) is 42.7 Å². The summed E-state index contributed by atoms with van der Waals surface area (Å²) in [5, 5.41) is 0. The molecule has 1 heteroatoms. The highest BCUT2D eigenvalue weighted by Gasteiger charge is 2.46. The van der Waals surface area contributed by atoms with Crippen LogP contribution in [0.3, 0.4) is 0 Å². The molecule has 22 heavy (non-hydrogen) atoms. The second kappa shape index (κ2) is 5.72. The molecule has 2 bridgehead atoms. The van der Waals surface area contributed by atoms with Crippen molar-refractivity contribution >= 4 is 5.78 Å². The summed E-state index contributed by atoms with van der Waals surface area (Å²) in [6, 6.07) is 21.2. The first kappa shape index (κ1) is 13.8. The molecule has 0 spiro atoms. The van der Waals surface area contributed by atoms with E-state index >= 15 is 0 Å². The van der Waals surface area contributed by atoms with E-state index in [-0.39, 0.29) is 11.8 Å². The third-order valence-electron chi connectivity index (χ3n) is 5.69. The van der Waals surface area contributed by atoms with Crippen LogP contribution in [0.5, 0.6) is 0 Å². The molecular weight excluding hydrogens is 268 g/mol. The van der Waals surface area contributed by atoms with Crippen LogP contribution in [0.15, 0.2) is 60.7 Å². The standard InChI is InChI=1S/C21H22O/c22-21-18-13-11-17(12-14-18)20(21)19(15-7-3-1-4-8-15)16-9-5-2-6-10-16/h1-10,17-20H,11-14H2/t17?,18?,20-/m1/s1. The average Bonchev–Trinajstić information content (AvgIpc) is 2.60. The van der Waals surface area contributed by atoms with Gasteiger partial charge in [-0.25, -0.2) is 0 Å². The van der Waals surface area contributed by atoms with E-state index in [2.05, 4.69) is 60.7 Å². The summed E-state index contributed by atoms with van der Waals surface area (Å²) in [6.45, 7) is 0. The van der Waals surface area contributed by atoms with Crippen molar-refractivity contribution in [3.63, 3.8) is 0 Å². The van der Waals surface area contributed by atoms with Crippen LogP contribution in [-0.4, -0.2) is 5.78 Å². The highest BCUT2D eigenvalue weighted by Crippen LogP contribution is 2.49. The molecule has 3 fully saturated rings. The number of carbonyl (C=O) groups is 1. The summed E-state index contributed by atoms with van der Waals surface area (Å²) in [4.78, 5) is 13.0. The summed E-state index contributed by atoms with van der Waals surface area (Å²) in [5.74, 6) is 1.83. The molecule has 3 saturated carbocycles. The minimum Gasteiger partial charge on any atom is -0.299 e. The van der Waals surface area contributed by atoms with Gasteiger partial charge in [-0.3, -0.25) is 4.79 Å². The Morgan fingerprint density at radius 2 is 1.23 bits per heavy atom. The van der Waals surface area contributed by atoms with E-state index in [4.69, 9.17) is 0 Å². The van der Waals surface area contributed by atoms with Crippen molar-refractivity contribution in [3.05, 3.63) is 71.8 Å². The van der Waals surface area contributed by atoms with Gasteiger partial charge in [-0.1, -0.05) is 60.7 Å². The van der Waals surface area contributed by atoms with Crippen molar-refractivity contribution in [2.24, 2.45) is 17.8 Å². The van der Waals surface area contributed by atoms with Crippen LogP contribution in [-0.2, 0) is 4.79 Å². The molecule has 0 N–H and O–H groups in total. The lowest BCUT2D eigenvalue weighted by Crippen LogP contribution is -2.43. The first-order valence-corrected chi connectivity index (χ1v) is 8.48. The van der Waals surface area contributed by atoms with Gasteiger partial charge < -0.3 is 0 Å².